The van der Waals surface area contributed by atoms with Gasteiger partial charge in [-0.05, 0) is 13.8 Å². The average molecular weight is 296 g/mol. The van der Waals surface area contributed by atoms with E-state index in [1.54, 1.807) is 20.3 Å². The van der Waals surface area contributed by atoms with Gasteiger partial charge in [0, 0.05) is 25.2 Å². The fourth-order valence-corrected chi connectivity index (χ4v) is 2.73. The first-order valence-electron chi connectivity index (χ1n) is 6.95. The maximum atomic E-state index is 9.41. The van der Waals surface area contributed by atoms with E-state index in [2.05, 4.69) is 4.90 Å². The smallest absolute Gasteiger partial charge is 0.162 e. The maximum absolute atomic E-state index is 9.41. The van der Waals surface area contributed by atoms with E-state index >= 15 is 0 Å². The minimum absolute atomic E-state index is 0.0207. The zero-order valence-corrected chi connectivity index (χ0v) is 13.0. The molecule has 1 fully saturated rings. The van der Waals surface area contributed by atoms with Crippen molar-refractivity contribution < 1.29 is 19.3 Å². The lowest BCUT2D eigenvalue weighted by molar-refractivity contribution is -0.100. The van der Waals surface area contributed by atoms with Gasteiger partial charge < -0.3 is 30.0 Å². The van der Waals surface area contributed by atoms with Gasteiger partial charge in [0.05, 0.1) is 43.9 Å². The van der Waals surface area contributed by atoms with E-state index < -0.39 is 0 Å². The summed E-state index contributed by atoms with van der Waals surface area (Å²) in [4.78, 5) is 2.11. The summed E-state index contributed by atoms with van der Waals surface area (Å²) in [5.41, 5.74) is 7.27. The SMILES string of the molecule is COc1cc(N)c(N2CC(CO)OC(C)(C)C2)cc1OC. The summed E-state index contributed by atoms with van der Waals surface area (Å²) in [5, 5.41) is 9.41. The molecule has 0 radical (unpaired) electrons. The Hall–Kier alpha value is -1.66. The molecule has 1 aromatic carbocycles. The first-order chi connectivity index (χ1) is 9.90. The molecule has 1 aliphatic rings. The molecule has 6 nitrogen and oxygen atoms in total. The van der Waals surface area contributed by atoms with Gasteiger partial charge in [-0.2, -0.15) is 0 Å². The molecule has 0 bridgehead atoms. The first kappa shape index (κ1) is 15.7. The van der Waals surface area contributed by atoms with Gasteiger partial charge in [0.2, 0.25) is 0 Å². The van der Waals surface area contributed by atoms with Crippen LogP contribution in [0.3, 0.4) is 0 Å². The van der Waals surface area contributed by atoms with Gasteiger partial charge in [0.15, 0.2) is 11.5 Å². The van der Waals surface area contributed by atoms with Crippen LogP contribution in [0.2, 0.25) is 0 Å². The molecule has 0 spiro atoms. The van der Waals surface area contributed by atoms with Crippen LogP contribution in [-0.2, 0) is 4.74 Å². The molecule has 0 aliphatic carbocycles. The molecule has 0 saturated carbocycles. The van der Waals surface area contributed by atoms with E-state index in [1.807, 2.05) is 19.9 Å². The monoisotopic (exact) mass is 296 g/mol. The lowest BCUT2D eigenvalue weighted by Crippen LogP contribution is -2.54. The van der Waals surface area contributed by atoms with Crippen LogP contribution in [0.1, 0.15) is 13.8 Å². The van der Waals surface area contributed by atoms with Crippen LogP contribution in [-0.4, -0.2) is 50.7 Å². The van der Waals surface area contributed by atoms with Crippen molar-refractivity contribution in [1.29, 1.82) is 0 Å². The van der Waals surface area contributed by atoms with E-state index in [4.69, 9.17) is 19.9 Å². The van der Waals surface area contributed by atoms with Crippen LogP contribution >= 0.6 is 0 Å². The first-order valence-corrected chi connectivity index (χ1v) is 6.95. The van der Waals surface area contributed by atoms with Gasteiger partial charge in [-0.1, -0.05) is 0 Å². The summed E-state index contributed by atoms with van der Waals surface area (Å²) < 4.78 is 16.4. The number of anilines is 2. The second-order valence-corrected chi connectivity index (χ2v) is 5.83. The fourth-order valence-electron chi connectivity index (χ4n) is 2.73. The quantitative estimate of drug-likeness (QED) is 0.815. The van der Waals surface area contributed by atoms with Crippen molar-refractivity contribution >= 4 is 11.4 Å². The Bertz CT molecular complexity index is 505. The molecule has 0 aromatic heterocycles. The van der Waals surface area contributed by atoms with Crippen LogP contribution in [0.4, 0.5) is 11.4 Å². The predicted molar refractivity (Wildman–Crippen MR) is 82.2 cm³/mol. The highest BCUT2D eigenvalue weighted by molar-refractivity contribution is 5.73. The summed E-state index contributed by atoms with van der Waals surface area (Å²) in [7, 11) is 3.17. The number of morpholine rings is 1. The number of hydrogen-bond acceptors (Lipinski definition) is 6. The summed E-state index contributed by atoms with van der Waals surface area (Å²) in [6.45, 7) is 5.24. The van der Waals surface area contributed by atoms with Gasteiger partial charge >= 0.3 is 0 Å². The Labute approximate surface area is 125 Å². The molecule has 3 N–H and O–H groups in total. The van der Waals surface area contributed by atoms with Crippen LogP contribution in [0.25, 0.3) is 0 Å². The van der Waals surface area contributed by atoms with Crippen molar-refractivity contribution in [2.45, 2.75) is 25.6 Å². The third kappa shape index (κ3) is 3.33. The standard InChI is InChI=1S/C15H24N2O4/c1-15(2)9-17(7-10(8-18)21-15)12-6-14(20-4)13(19-3)5-11(12)16/h5-6,10,18H,7-9,16H2,1-4H3. The van der Waals surface area contributed by atoms with Crippen molar-refractivity contribution in [3.05, 3.63) is 12.1 Å². The molecular formula is C15H24N2O4. The van der Waals surface area contributed by atoms with Gasteiger partial charge in [-0.3, -0.25) is 0 Å². The molecule has 1 aromatic rings. The van der Waals surface area contributed by atoms with E-state index in [9.17, 15) is 5.11 Å². The normalized spacial score (nSPS) is 21.2. The second-order valence-electron chi connectivity index (χ2n) is 5.83. The summed E-state index contributed by atoms with van der Waals surface area (Å²) in [5.74, 6) is 1.23. The molecule has 1 aliphatic heterocycles. The second kappa shape index (κ2) is 5.99. The Balaban J connectivity index is 2.36. The number of aliphatic hydroxyl groups excluding tert-OH is 1. The minimum Gasteiger partial charge on any atom is -0.493 e. The molecule has 1 saturated heterocycles. The van der Waals surface area contributed by atoms with Crippen molar-refractivity contribution in [3.8, 4) is 11.5 Å². The average Bonchev–Trinajstić information content (AvgIpc) is 2.44. The number of ether oxygens (including phenoxy) is 3. The highest BCUT2D eigenvalue weighted by Crippen LogP contribution is 2.38. The Morgan fingerprint density at radius 2 is 1.95 bits per heavy atom. The lowest BCUT2D eigenvalue weighted by atomic mass is 10.0. The molecule has 118 valence electrons. The maximum Gasteiger partial charge on any atom is 0.162 e. The third-order valence-electron chi connectivity index (χ3n) is 3.56. The number of nitrogens with zero attached hydrogens (tertiary/aromatic N) is 1. The minimum atomic E-state index is -0.356. The van der Waals surface area contributed by atoms with Gasteiger partial charge in [-0.15, -0.1) is 0 Å². The largest absolute Gasteiger partial charge is 0.493 e. The summed E-state index contributed by atoms with van der Waals surface area (Å²) >= 11 is 0. The number of nitrogens with two attached hydrogens (primary N) is 1. The van der Waals surface area contributed by atoms with E-state index in [0.29, 0.717) is 30.3 Å². The van der Waals surface area contributed by atoms with Crippen molar-refractivity contribution in [2.24, 2.45) is 0 Å². The third-order valence-corrected chi connectivity index (χ3v) is 3.56. The number of nitrogen functional groups attached to an aromatic ring is 1. The van der Waals surface area contributed by atoms with Gasteiger partial charge in [0.1, 0.15) is 0 Å². The topological polar surface area (TPSA) is 77.2 Å². The highest BCUT2D eigenvalue weighted by Gasteiger charge is 2.34. The molecule has 6 heteroatoms. The fraction of sp³-hybridized carbons (Fsp3) is 0.600. The van der Waals surface area contributed by atoms with Gasteiger partial charge in [-0.25, -0.2) is 0 Å². The van der Waals surface area contributed by atoms with Crippen LogP contribution in [0.5, 0.6) is 11.5 Å². The van der Waals surface area contributed by atoms with Crippen molar-refractivity contribution in [3.63, 3.8) is 0 Å². The lowest BCUT2D eigenvalue weighted by Gasteiger charge is -2.43. The number of methoxy groups -OCH3 is 2. The zero-order chi connectivity index (χ0) is 15.6. The van der Waals surface area contributed by atoms with Crippen molar-refractivity contribution in [1.82, 2.24) is 0 Å². The number of hydrogen-bond donors (Lipinski definition) is 2. The number of aliphatic hydroxyl groups is 1. The molecule has 1 atom stereocenters. The van der Waals surface area contributed by atoms with E-state index in [1.165, 1.54) is 0 Å². The van der Waals surface area contributed by atoms with Crippen molar-refractivity contribution in [2.75, 3.05) is 44.5 Å². The summed E-state index contributed by atoms with van der Waals surface area (Å²) in [6, 6.07) is 3.62. The predicted octanol–water partition coefficient (Wildman–Crippen LogP) is 1.26. The van der Waals surface area contributed by atoms with Gasteiger partial charge in [0.25, 0.3) is 0 Å². The molecule has 1 unspecified atom stereocenters. The molecule has 0 amide bonds. The molecule has 1 heterocycles. The van der Waals surface area contributed by atoms with Crippen LogP contribution in [0, 0.1) is 0 Å². The van der Waals surface area contributed by atoms with E-state index in [-0.39, 0.29) is 18.3 Å². The Morgan fingerprint density at radius 3 is 2.52 bits per heavy atom. The Morgan fingerprint density at radius 1 is 1.33 bits per heavy atom. The molecule has 2 rings (SSSR count). The Kier molecular flexibility index (Phi) is 4.49. The highest BCUT2D eigenvalue weighted by atomic mass is 16.5. The number of rotatable bonds is 4. The summed E-state index contributed by atoms with van der Waals surface area (Å²) in [6.07, 6.45) is -0.235. The molecule has 21 heavy (non-hydrogen) atoms. The van der Waals surface area contributed by atoms with Crippen LogP contribution < -0.4 is 20.1 Å². The molecular weight excluding hydrogens is 272 g/mol. The van der Waals surface area contributed by atoms with E-state index in [0.717, 1.165) is 5.69 Å². The number of benzene rings is 1. The zero-order valence-electron chi connectivity index (χ0n) is 13.0. The van der Waals surface area contributed by atoms with Crippen LogP contribution in [0.15, 0.2) is 12.1 Å².